The monoisotopic (exact) mass is 657 g/mol. The first-order valence-corrected chi connectivity index (χ1v) is 16.4. The fourth-order valence-electron chi connectivity index (χ4n) is 5.42. The normalized spacial score (nSPS) is 14.7. The Balaban J connectivity index is 1.54. The van der Waals surface area contributed by atoms with Crippen LogP contribution in [-0.4, -0.2) is 21.4 Å². The van der Waals surface area contributed by atoms with Crippen molar-refractivity contribution in [3.05, 3.63) is 148 Å². The van der Waals surface area contributed by atoms with Crippen molar-refractivity contribution >= 4 is 56.2 Å². The van der Waals surface area contributed by atoms with Crippen LogP contribution in [0, 0.1) is 6.92 Å². The number of aryl methyl sites for hydroxylation is 1. The Bertz CT molecular complexity index is 1970. The molecular formula is C35H29Cl2N3O4S. The third-order valence-electron chi connectivity index (χ3n) is 7.67. The number of sulfonamides is 1. The van der Waals surface area contributed by atoms with E-state index in [9.17, 15) is 13.2 Å². The molecule has 0 saturated heterocycles. The molecule has 5 aromatic rings. The Morgan fingerprint density at radius 1 is 0.844 bits per heavy atom. The fraction of sp³-hybridized carbons (Fsp3) is 0.114. The largest absolute Gasteiger partial charge is 0.497 e. The number of methoxy groups -OCH3 is 1. The molecule has 1 N–H and O–H groups in total. The maximum atomic E-state index is 14.6. The van der Waals surface area contributed by atoms with Gasteiger partial charge in [0, 0.05) is 33.5 Å². The van der Waals surface area contributed by atoms with Gasteiger partial charge in [0.1, 0.15) is 11.9 Å². The number of nitrogens with zero attached hydrogens (tertiary/aromatic N) is 2. The number of anilines is 3. The lowest BCUT2D eigenvalue weighted by Crippen LogP contribution is -2.49. The molecule has 1 atom stereocenters. The first-order valence-electron chi connectivity index (χ1n) is 14.1. The van der Waals surface area contributed by atoms with E-state index in [1.807, 2.05) is 55.5 Å². The first kappa shape index (κ1) is 30.5. The minimum absolute atomic E-state index is 0.0347. The molecule has 0 fully saturated rings. The number of carbonyl (C=O) groups is 1. The second-order valence-electron chi connectivity index (χ2n) is 10.7. The summed E-state index contributed by atoms with van der Waals surface area (Å²) in [6.07, 6.45) is -0.698. The topological polar surface area (TPSA) is 78.9 Å². The summed E-state index contributed by atoms with van der Waals surface area (Å²) in [6.45, 7) is 2.32. The highest BCUT2D eigenvalue weighted by Crippen LogP contribution is 2.45. The van der Waals surface area contributed by atoms with Crippen molar-refractivity contribution < 1.29 is 17.9 Å². The number of amides is 1. The van der Waals surface area contributed by atoms with E-state index in [1.165, 1.54) is 12.1 Å². The van der Waals surface area contributed by atoms with Crippen LogP contribution in [-0.2, 0) is 16.6 Å². The van der Waals surface area contributed by atoms with E-state index in [-0.39, 0.29) is 16.4 Å². The van der Waals surface area contributed by atoms with Gasteiger partial charge in [-0.3, -0.25) is 14.4 Å². The van der Waals surface area contributed by atoms with Crippen LogP contribution in [0.4, 0.5) is 17.1 Å². The molecule has 10 heteroatoms. The number of hydrogen-bond donors (Lipinski definition) is 1. The highest BCUT2D eigenvalue weighted by molar-refractivity contribution is 7.92. The summed E-state index contributed by atoms with van der Waals surface area (Å²) in [5.41, 5.74) is 4.45. The van der Waals surface area contributed by atoms with E-state index < -0.39 is 16.2 Å². The van der Waals surface area contributed by atoms with E-state index >= 15 is 0 Å². The molecule has 1 heterocycles. The predicted octanol–water partition coefficient (Wildman–Crippen LogP) is 8.48. The summed E-state index contributed by atoms with van der Waals surface area (Å²) in [5, 5.41) is 0.856. The molecule has 7 nitrogen and oxygen atoms in total. The number of benzene rings is 5. The second-order valence-corrected chi connectivity index (χ2v) is 13.2. The van der Waals surface area contributed by atoms with Gasteiger partial charge >= 0.3 is 0 Å². The van der Waals surface area contributed by atoms with E-state index in [2.05, 4.69) is 9.62 Å². The van der Waals surface area contributed by atoms with Crippen molar-refractivity contribution in [1.82, 2.24) is 0 Å². The summed E-state index contributed by atoms with van der Waals surface area (Å²) in [7, 11) is -2.45. The zero-order valence-electron chi connectivity index (χ0n) is 24.4. The lowest BCUT2D eigenvalue weighted by molar-refractivity contribution is 0.0968. The van der Waals surface area contributed by atoms with Gasteiger partial charge in [-0.15, -0.1) is 0 Å². The van der Waals surface area contributed by atoms with Crippen molar-refractivity contribution in [3.63, 3.8) is 0 Å². The lowest BCUT2D eigenvalue weighted by Gasteiger charge is -2.46. The van der Waals surface area contributed by atoms with Gasteiger partial charge in [0.15, 0.2) is 0 Å². The van der Waals surface area contributed by atoms with Crippen molar-refractivity contribution in [2.75, 3.05) is 21.6 Å². The minimum Gasteiger partial charge on any atom is -0.497 e. The molecular weight excluding hydrogens is 629 g/mol. The predicted molar refractivity (Wildman–Crippen MR) is 180 cm³/mol. The highest BCUT2D eigenvalue weighted by atomic mass is 35.5. The molecule has 0 aliphatic carbocycles. The van der Waals surface area contributed by atoms with Crippen LogP contribution in [0.15, 0.2) is 120 Å². The number of carbonyl (C=O) groups excluding carboxylic acids is 1. The second kappa shape index (κ2) is 12.5. The van der Waals surface area contributed by atoms with Crippen LogP contribution in [0.1, 0.15) is 33.2 Å². The third kappa shape index (κ3) is 6.22. The Morgan fingerprint density at radius 2 is 1.56 bits per heavy atom. The lowest BCUT2D eigenvalue weighted by atomic mass is 9.99. The van der Waals surface area contributed by atoms with Crippen molar-refractivity contribution in [1.29, 1.82) is 0 Å². The maximum absolute atomic E-state index is 14.6. The van der Waals surface area contributed by atoms with Gasteiger partial charge in [0.2, 0.25) is 0 Å². The average molecular weight is 659 g/mol. The molecule has 228 valence electrons. The van der Waals surface area contributed by atoms with E-state index in [4.69, 9.17) is 27.9 Å². The molecule has 0 bridgehead atoms. The molecule has 5 aromatic carbocycles. The van der Waals surface area contributed by atoms with Gasteiger partial charge in [-0.1, -0.05) is 77.3 Å². The molecule has 1 amide bonds. The smallest absolute Gasteiger partial charge is 0.262 e. The van der Waals surface area contributed by atoms with Crippen molar-refractivity contribution in [2.24, 2.45) is 0 Å². The number of halogens is 2. The van der Waals surface area contributed by atoms with Gasteiger partial charge in [-0.25, -0.2) is 8.42 Å². The molecule has 0 spiro atoms. The van der Waals surface area contributed by atoms with Gasteiger partial charge in [-0.05, 0) is 79.2 Å². The van der Waals surface area contributed by atoms with Gasteiger partial charge in [-0.2, -0.15) is 0 Å². The Kier molecular flexibility index (Phi) is 8.46. The first-order chi connectivity index (χ1) is 21.6. The fourth-order valence-corrected chi connectivity index (χ4v) is 7.01. The Hall–Kier alpha value is -4.50. The number of rotatable bonds is 8. The quantitative estimate of drug-likeness (QED) is 0.181. The van der Waals surface area contributed by atoms with Crippen LogP contribution in [0.25, 0.3) is 0 Å². The van der Waals surface area contributed by atoms with E-state index in [0.29, 0.717) is 45.0 Å². The zero-order valence-corrected chi connectivity index (χ0v) is 26.8. The number of nitrogens with one attached hydrogen (secondary N) is 1. The summed E-state index contributed by atoms with van der Waals surface area (Å²) < 4.78 is 35.1. The molecule has 0 radical (unpaired) electrons. The molecule has 0 aromatic heterocycles. The standard InChI is InChI=1S/C35H29Cl2N3O4S/c1-23-8-11-26(12-9-23)38-45(42,43)29-17-19-33-31(21-29)35(41)40(27-13-15-28(44-2)16-14-27)34(30-18-10-25(36)20-32(30)37)39(33)22-24-6-4-3-5-7-24/h3-21,34,38H,22H2,1-2H3/t34-/m0/s1. The average Bonchev–Trinajstić information content (AvgIpc) is 3.04. The van der Waals surface area contributed by atoms with Crippen LogP contribution in [0.3, 0.4) is 0 Å². The van der Waals surface area contributed by atoms with Crippen LogP contribution in [0.5, 0.6) is 5.75 Å². The number of ether oxygens (including phenoxy) is 1. The van der Waals surface area contributed by atoms with Gasteiger partial charge in [0.25, 0.3) is 15.9 Å². The molecule has 45 heavy (non-hydrogen) atoms. The molecule has 6 rings (SSSR count). The van der Waals surface area contributed by atoms with Gasteiger partial charge in [0.05, 0.1) is 23.3 Å². The van der Waals surface area contributed by atoms with Crippen molar-refractivity contribution in [2.45, 2.75) is 24.5 Å². The SMILES string of the molecule is COc1ccc(N2C(=O)c3cc(S(=O)(=O)Nc4ccc(C)cc4)ccc3N(Cc3ccccc3)[C@@H]2c2ccc(Cl)cc2Cl)cc1. The number of fused-ring (bicyclic) bond motifs is 1. The highest BCUT2D eigenvalue weighted by Gasteiger charge is 2.41. The summed E-state index contributed by atoms with van der Waals surface area (Å²) in [5.74, 6) is 0.240. The summed E-state index contributed by atoms with van der Waals surface area (Å²) in [4.78, 5) is 18.2. The van der Waals surface area contributed by atoms with Gasteiger partial charge < -0.3 is 9.64 Å². The summed E-state index contributed by atoms with van der Waals surface area (Å²) >= 11 is 13.1. The molecule has 1 aliphatic heterocycles. The van der Waals surface area contributed by atoms with Crippen LogP contribution >= 0.6 is 23.2 Å². The molecule has 1 aliphatic rings. The minimum atomic E-state index is -4.02. The Labute approximate surface area is 272 Å². The van der Waals surface area contributed by atoms with E-state index in [0.717, 1.165) is 11.1 Å². The molecule has 0 saturated carbocycles. The van der Waals surface area contributed by atoms with Crippen LogP contribution in [0.2, 0.25) is 10.0 Å². The van der Waals surface area contributed by atoms with Crippen LogP contribution < -0.4 is 19.3 Å². The zero-order chi connectivity index (χ0) is 31.7. The van der Waals surface area contributed by atoms with E-state index in [1.54, 1.807) is 66.6 Å². The third-order valence-corrected chi connectivity index (χ3v) is 9.61. The van der Waals surface area contributed by atoms with Crippen molar-refractivity contribution in [3.8, 4) is 5.75 Å². The Morgan fingerprint density at radius 3 is 2.22 bits per heavy atom. The maximum Gasteiger partial charge on any atom is 0.262 e. The number of hydrogen-bond acceptors (Lipinski definition) is 5. The molecule has 0 unspecified atom stereocenters. The summed E-state index contributed by atoms with van der Waals surface area (Å²) in [6, 6.07) is 33.8.